The monoisotopic (exact) mass is 218 g/mol. The van der Waals surface area contributed by atoms with Crippen molar-refractivity contribution in [3.63, 3.8) is 0 Å². The number of hydrogen-bond donors (Lipinski definition) is 2. The molecule has 0 saturated heterocycles. The van der Waals surface area contributed by atoms with Gasteiger partial charge in [0.15, 0.2) is 0 Å². The highest BCUT2D eigenvalue weighted by molar-refractivity contribution is 8.00. The summed E-state index contributed by atoms with van der Waals surface area (Å²) in [6.07, 6.45) is 3.27. The molecule has 0 spiro atoms. The Morgan fingerprint density at radius 1 is 1.77 bits per heavy atom. The van der Waals surface area contributed by atoms with E-state index >= 15 is 0 Å². The number of aromatic nitrogens is 1. The summed E-state index contributed by atoms with van der Waals surface area (Å²) in [6.45, 7) is 2.40. The fourth-order valence-electron chi connectivity index (χ4n) is 0.875. The molecule has 2 unspecified atom stereocenters. The van der Waals surface area contributed by atoms with Gasteiger partial charge in [0.2, 0.25) is 0 Å². The number of thioether (sulfide) groups is 1. The van der Waals surface area contributed by atoms with Gasteiger partial charge >= 0.3 is 0 Å². The Balaban J connectivity index is 2.70. The third-order valence-electron chi connectivity index (χ3n) is 1.87. The molecular weight excluding hydrogens is 204 g/mol. The van der Waals surface area contributed by atoms with Gasteiger partial charge in [-0.1, -0.05) is 6.92 Å². The van der Waals surface area contributed by atoms with Crippen LogP contribution in [0.4, 0.5) is 0 Å². The van der Waals surface area contributed by atoms with E-state index in [1.807, 2.05) is 13.2 Å². The van der Waals surface area contributed by atoms with Crippen molar-refractivity contribution in [1.29, 1.82) is 0 Å². The molecule has 1 aromatic rings. The van der Waals surface area contributed by atoms with Crippen LogP contribution in [-0.4, -0.2) is 22.9 Å². The summed E-state index contributed by atoms with van der Waals surface area (Å²) >= 11 is 3.17. The molecule has 0 aliphatic heterocycles. The van der Waals surface area contributed by atoms with Gasteiger partial charge in [0.25, 0.3) is 0 Å². The molecule has 74 valence electrons. The van der Waals surface area contributed by atoms with Crippen LogP contribution >= 0.6 is 23.1 Å². The molecule has 5 heteroatoms. The summed E-state index contributed by atoms with van der Waals surface area (Å²) in [5.74, 6) is 0.0702. The van der Waals surface area contributed by atoms with Crippen molar-refractivity contribution in [2.24, 2.45) is 11.7 Å². The van der Waals surface area contributed by atoms with E-state index in [4.69, 9.17) is 5.73 Å². The van der Waals surface area contributed by atoms with Gasteiger partial charge in [-0.2, -0.15) is 0 Å². The summed E-state index contributed by atoms with van der Waals surface area (Å²) in [4.78, 5) is 4.15. The van der Waals surface area contributed by atoms with E-state index in [0.717, 1.165) is 9.22 Å². The minimum atomic E-state index is -0.518. The first-order chi connectivity index (χ1) is 6.19. The minimum Gasteiger partial charge on any atom is -0.386 e. The number of nitrogens with zero attached hydrogens (tertiary/aromatic N) is 1. The van der Waals surface area contributed by atoms with Crippen LogP contribution in [0.1, 0.15) is 18.0 Å². The van der Waals surface area contributed by atoms with Crippen molar-refractivity contribution >= 4 is 23.1 Å². The molecule has 1 aromatic heterocycles. The van der Waals surface area contributed by atoms with E-state index in [1.54, 1.807) is 18.0 Å². The normalized spacial score (nSPS) is 15.7. The Morgan fingerprint density at radius 2 is 2.46 bits per heavy atom. The van der Waals surface area contributed by atoms with E-state index in [9.17, 15) is 5.11 Å². The van der Waals surface area contributed by atoms with Crippen molar-refractivity contribution in [3.05, 3.63) is 11.2 Å². The first-order valence-corrected chi connectivity index (χ1v) is 6.11. The lowest BCUT2D eigenvalue weighted by Crippen LogP contribution is -2.18. The van der Waals surface area contributed by atoms with Crippen LogP contribution in [0.2, 0.25) is 0 Å². The third-order valence-corrected chi connectivity index (χ3v) is 3.99. The van der Waals surface area contributed by atoms with E-state index in [2.05, 4.69) is 4.98 Å². The summed E-state index contributed by atoms with van der Waals surface area (Å²) in [7, 11) is 0. The average molecular weight is 218 g/mol. The molecule has 0 bridgehead atoms. The van der Waals surface area contributed by atoms with E-state index in [0.29, 0.717) is 6.54 Å². The van der Waals surface area contributed by atoms with Gasteiger partial charge in [-0.05, 0) is 12.8 Å². The van der Waals surface area contributed by atoms with Crippen LogP contribution in [-0.2, 0) is 0 Å². The molecule has 1 heterocycles. The van der Waals surface area contributed by atoms with E-state index in [1.165, 1.54) is 11.3 Å². The van der Waals surface area contributed by atoms with Crippen molar-refractivity contribution < 1.29 is 5.11 Å². The second-order valence-electron chi connectivity index (χ2n) is 2.88. The molecule has 0 fully saturated rings. The molecule has 3 N–H and O–H groups in total. The molecule has 2 atom stereocenters. The predicted octanol–water partition coefficient (Wildman–Crippen LogP) is 1.49. The van der Waals surface area contributed by atoms with E-state index in [-0.39, 0.29) is 5.92 Å². The second-order valence-corrected chi connectivity index (χ2v) is 5.05. The van der Waals surface area contributed by atoms with Crippen LogP contribution in [0.3, 0.4) is 0 Å². The van der Waals surface area contributed by atoms with Crippen molar-refractivity contribution in [3.8, 4) is 0 Å². The number of aliphatic hydroxyl groups excluding tert-OH is 1. The maximum Gasteiger partial charge on any atom is 0.123 e. The predicted molar refractivity (Wildman–Crippen MR) is 57.1 cm³/mol. The highest BCUT2D eigenvalue weighted by atomic mass is 32.2. The number of thiazole rings is 1. The van der Waals surface area contributed by atoms with Gasteiger partial charge in [-0.25, -0.2) is 4.98 Å². The Morgan fingerprint density at radius 3 is 2.92 bits per heavy atom. The lowest BCUT2D eigenvalue weighted by Gasteiger charge is -2.13. The Labute approximate surface area is 86.4 Å². The van der Waals surface area contributed by atoms with Gasteiger partial charge < -0.3 is 10.8 Å². The van der Waals surface area contributed by atoms with E-state index < -0.39 is 6.10 Å². The topological polar surface area (TPSA) is 59.1 Å². The zero-order valence-electron chi connectivity index (χ0n) is 7.73. The van der Waals surface area contributed by atoms with Gasteiger partial charge in [-0.15, -0.1) is 23.1 Å². The SMILES string of the molecule is CSc1cnc(C(O)C(C)CN)s1. The largest absolute Gasteiger partial charge is 0.386 e. The van der Waals surface area contributed by atoms with Gasteiger partial charge in [0.05, 0.1) is 10.4 Å². The standard InChI is InChI=1S/C8H14N2OS2/c1-5(3-9)7(11)8-10-4-6(12-2)13-8/h4-5,7,11H,3,9H2,1-2H3. The fraction of sp³-hybridized carbons (Fsp3) is 0.625. The van der Waals surface area contributed by atoms with Crippen molar-refractivity contribution in [2.45, 2.75) is 17.2 Å². The summed E-state index contributed by atoms with van der Waals surface area (Å²) in [5, 5.41) is 10.5. The Hall–Kier alpha value is -0.100. The maximum atomic E-state index is 9.76. The van der Waals surface area contributed by atoms with Gasteiger partial charge in [0.1, 0.15) is 11.1 Å². The molecule has 0 aliphatic carbocycles. The first-order valence-electron chi connectivity index (χ1n) is 4.07. The van der Waals surface area contributed by atoms with Crippen LogP contribution < -0.4 is 5.73 Å². The average Bonchev–Trinajstić information content (AvgIpc) is 2.63. The molecule has 0 aromatic carbocycles. The smallest absolute Gasteiger partial charge is 0.123 e. The van der Waals surface area contributed by atoms with Crippen molar-refractivity contribution in [1.82, 2.24) is 4.98 Å². The lowest BCUT2D eigenvalue weighted by atomic mass is 10.1. The second kappa shape index (κ2) is 4.95. The quantitative estimate of drug-likeness (QED) is 0.752. The molecular formula is C8H14N2OS2. The Bertz CT molecular complexity index is 264. The van der Waals surface area contributed by atoms with Gasteiger partial charge in [0, 0.05) is 5.92 Å². The zero-order chi connectivity index (χ0) is 9.84. The van der Waals surface area contributed by atoms with Crippen LogP contribution in [0.25, 0.3) is 0 Å². The summed E-state index contributed by atoms with van der Waals surface area (Å²) in [5.41, 5.74) is 5.46. The van der Waals surface area contributed by atoms with Crippen LogP contribution in [0.15, 0.2) is 10.4 Å². The number of hydrogen-bond acceptors (Lipinski definition) is 5. The first kappa shape index (κ1) is 11.0. The molecule has 0 aliphatic rings. The summed E-state index contributed by atoms with van der Waals surface area (Å²) < 4.78 is 1.12. The molecule has 0 radical (unpaired) electrons. The molecule has 0 amide bonds. The Kier molecular flexibility index (Phi) is 4.18. The number of rotatable bonds is 4. The highest BCUT2D eigenvalue weighted by Crippen LogP contribution is 2.29. The summed E-state index contributed by atoms with van der Waals surface area (Å²) in [6, 6.07) is 0. The van der Waals surface area contributed by atoms with Crippen LogP contribution in [0.5, 0.6) is 0 Å². The van der Waals surface area contributed by atoms with Crippen molar-refractivity contribution in [2.75, 3.05) is 12.8 Å². The highest BCUT2D eigenvalue weighted by Gasteiger charge is 2.18. The van der Waals surface area contributed by atoms with Gasteiger partial charge in [-0.3, -0.25) is 0 Å². The zero-order valence-corrected chi connectivity index (χ0v) is 9.36. The molecule has 0 saturated carbocycles. The third kappa shape index (κ3) is 2.67. The maximum absolute atomic E-state index is 9.76. The molecule has 1 rings (SSSR count). The minimum absolute atomic E-state index is 0.0702. The number of aliphatic hydroxyl groups is 1. The lowest BCUT2D eigenvalue weighted by molar-refractivity contribution is 0.121. The molecule has 13 heavy (non-hydrogen) atoms. The fourth-order valence-corrected chi connectivity index (χ4v) is 2.39. The number of nitrogens with two attached hydrogens (primary N) is 1. The van der Waals surface area contributed by atoms with Crippen LogP contribution in [0, 0.1) is 5.92 Å². The molecule has 3 nitrogen and oxygen atoms in total.